The molecule has 89 heavy (non-hydrogen) atoms. The molecule has 1 aliphatic rings. The number of aryl methyl sites for hydroxylation is 15. The first-order chi connectivity index (χ1) is 41.9. The van der Waals surface area contributed by atoms with Crippen LogP contribution < -0.4 is 4.73 Å². The molecule has 11 aromatic heterocycles. The second kappa shape index (κ2) is 42.8. The fourth-order valence-electron chi connectivity index (χ4n) is 5.81. The van der Waals surface area contributed by atoms with E-state index in [2.05, 4.69) is 110 Å². The van der Waals surface area contributed by atoms with Gasteiger partial charge in [-0.1, -0.05) is 0 Å². The van der Waals surface area contributed by atoms with E-state index in [1.54, 1.807) is 89.1 Å². The number of likely N-dealkylation sites (N-methyl/N-ethyl adjacent to an activating group) is 1. The van der Waals surface area contributed by atoms with Crippen LogP contribution in [-0.2, 0) is 25.9 Å². The van der Waals surface area contributed by atoms with Crippen LogP contribution in [0.25, 0.3) is 0 Å². The van der Waals surface area contributed by atoms with Gasteiger partial charge in [-0.2, -0.15) is 46.6 Å². The average Bonchev–Trinajstić information content (AvgIpc) is 4.41. The Morgan fingerprint density at radius 1 is 0.674 bits per heavy atom. The van der Waals surface area contributed by atoms with Crippen molar-refractivity contribution in [3.8, 4) is 0 Å². The number of aromatic nitrogens is 18. The molecule has 5 N–H and O–H groups in total. The zero-order valence-electron chi connectivity index (χ0n) is 55.9. The van der Waals surface area contributed by atoms with Gasteiger partial charge in [0.05, 0.1) is 55.0 Å². The Bertz CT molecular complexity index is 3260. The summed E-state index contributed by atoms with van der Waals surface area (Å²) in [6.07, 6.45) is 35.4. The molecule has 480 valence electrons. The number of thiophene rings is 1. The summed E-state index contributed by atoms with van der Waals surface area (Å²) in [5.74, 6) is -0.0527. The number of hydrogen-bond acceptors (Lipinski definition) is 14. The van der Waals surface area contributed by atoms with Gasteiger partial charge >= 0.3 is 6.09 Å². The van der Waals surface area contributed by atoms with Crippen molar-refractivity contribution in [3.05, 3.63) is 232 Å². The molecule has 0 spiro atoms. The number of nitrogens with zero attached hydrogens (tertiary/aromatic N) is 16. The third kappa shape index (κ3) is 40.2. The molecule has 12 heterocycles. The number of H-pyrrole nitrogens is 4. The third-order valence-corrected chi connectivity index (χ3v) is 11.8. The molecule has 11 aromatic rings. The summed E-state index contributed by atoms with van der Waals surface area (Å²) in [6, 6.07) is 10.1. The van der Waals surface area contributed by atoms with E-state index < -0.39 is 11.7 Å². The first kappa shape index (κ1) is 77.1. The van der Waals surface area contributed by atoms with Gasteiger partial charge in [-0.15, -0.1) is 4.70 Å². The van der Waals surface area contributed by atoms with Crippen LogP contribution >= 0.6 is 11.3 Å². The molecule has 0 fully saturated rings. The minimum absolute atomic E-state index is 0.0527. The molecule has 0 bridgehead atoms. The molecule has 25 heteroatoms. The summed E-state index contributed by atoms with van der Waals surface area (Å²) in [6.45, 7) is 33.0. The number of imidazole rings is 2. The molecule has 0 saturated heterocycles. The monoisotopic (exact) mass is 1240 g/mol. The number of pyridine rings is 1. The van der Waals surface area contributed by atoms with E-state index in [-0.39, 0.29) is 5.91 Å². The summed E-state index contributed by atoms with van der Waals surface area (Å²) in [4.78, 5) is 35.5. The van der Waals surface area contributed by atoms with Crippen molar-refractivity contribution in [1.29, 1.82) is 0 Å². The molecular weight excluding hydrogens is 1140 g/mol. The summed E-state index contributed by atoms with van der Waals surface area (Å²) in [5, 5.41) is 45.4. The summed E-state index contributed by atoms with van der Waals surface area (Å²) in [7, 11) is 7.74. The van der Waals surface area contributed by atoms with Crippen LogP contribution in [0.15, 0.2) is 170 Å². The van der Waals surface area contributed by atoms with Crippen LogP contribution in [0.5, 0.6) is 0 Å². The van der Waals surface area contributed by atoms with Crippen molar-refractivity contribution in [2.75, 3.05) is 7.05 Å². The van der Waals surface area contributed by atoms with E-state index in [0.717, 1.165) is 44.2 Å². The Balaban J connectivity index is 0.000000489. The average molecular weight is 1240 g/mol. The van der Waals surface area contributed by atoms with E-state index >= 15 is 0 Å². The van der Waals surface area contributed by atoms with Crippen molar-refractivity contribution in [3.63, 3.8) is 0 Å². The van der Waals surface area contributed by atoms with Crippen molar-refractivity contribution in [2.24, 2.45) is 26.3 Å². The molecule has 0 aliphatic carbocycles. The van der Waals surface area contributed by atoms with E-state index in [0.29, 0.717) is 6.04 Å². The molecule has 0 saturated carbocycles. The summed E-state index contributed by atoms with van der Waals surface area (Å²) < 4.78 is 16.0. The standard InChI is InChI=1S/C9H14N2O2.C6H8N2O.C6H8NO.C6H8S.3C5H8N2.C5H9N2.C5H7N.3C4H6N2/c1-7-5-10-11(6-7)8(12)13-9(2,3)4;1-5-3-7-8(4-5)6(2)9;1-6-2-4-7(8)5-3-6;1-5-3-7-4-6(5)2;1-5-3-7(2)4-6-5;1-5-3-6-7(2)4-5;1-5-3-4-7(2)6-5;1-5-3-4-6-7(5)2;1-5-2-3-6-4-5;1-4-2-5-3-6-4;1-4-2-5-6-3-4;1-4-2-3-5-6-4/h5-6H,1-4H3;3-4H,1-2H3;2-5,8H,1H3;4*3-4H,1-2H3;3-5H,1-2H3;2-4,6H,1H3;3*2-3H,1H3,(H,5,6)/q;;+1;;;;;+1;;;;/t;;;;;;;5-;;;;/m.......0..../s1. The number of rotatable bonds is 0. The van der Waals surface area contributed by atoms with Gasteiger partial charge in [0.25, 0.3) is 0 Å². The minimum Gasteiger partial charge on any atom is -0.442 e. The molecule has 1 aliphatic heterocycles. The van der Waals surface area contributed by atoms with Crippen molar-refractivity contribution < 1.29 is 29.0 Å². The lowest BCUT2D eigenvalue weighted by molar-refractivity contribution is -0.904. The second-order valence-corrected chi connectivity index (χ2v) is 22.1. The highest BCUT2D eigenvalue weighted by atomic mass is 32.1. The summed E-state index contributed by atoms with van der Waals surface area (Å²) >= 11 is 1.77. The zero-order valence-corrected chi connectivity index (χ0v) is 56.7. The topological polar surface area (TPSA) is 274 Å². The number of carbonyl (C=O) groups excluding carboxylic acids is 2. The van der Waals surface area contributed by atoms with E-state index in [9.17, 15) is 9.59 Å². The SMILES string of the molecule is CC(=O)n1cc(C)cn1.C[C@H]1C=CN=[N+]1C.Cc1cc[n+](O)cc1.Cc1cc[nH]c1.Cc1ccn(C)n1.Cc1ccn[nH]1.Cc1cn(C)cn1.Cc1cn[nH]c1.Cc1cnc[nH]1.Cc1cnn(C(=O)OC(C)(C)C)c1.Cc1cnn(C)c1.Cc1cscc1C. The fraction of sp³-hybridized carbons (Fsp3) is 0.359. The highest BCUT2D eigenvalue weighted by molar-refractivity contribution is 7.08. The van der Waals surface area contributed by atoms with Crippen LogP contribution in [-0.4, -0.2) is 125 Å². The number of ether oxygens (including phenoxy) is 1. The van der Waals surface area contributed by atoms with Crippen LogP contribution in [0.2, 0.25) is 0 Å². The molecule has 12 rings (SSSR count). The van der Waals surface area contributed by atoms with Gasteiger partial charge in [-0.05, 0) is 182 Å². The molecule has 0 unspecified atom stereocenters. The van der Waals surface area contributed by atoms with E-state index in [1.165, 1.54) is 44.1 Å². The highest BCUT2D eigenvalue weighted by Crippen LogP contribution is 2.11. The molecule has 0 aromatic carbocycles. The Hall–Kier alpha value is -9.91. The molecule has 24 nitrogen and oxygen atoms in total. The maximum atomic E-state index is 11.4. The van der Waals surface area contributed by atoms with Gasteiger partial charge in [0.2, 0.25) is 18.3 Å². The fourth-order valence-corrected chi connectivity index (χ4v) is 6.66. The van der Waals surface area contributed by atoms with Crippen LogP contribution in [0.3, 0.4) is 0 Å². The number of hydrogen-bond donors (Lipinski definition) is 5. The van der Waals surface area contributed by atoms with Gasteiger partial charge < -0.3 is 19.3 Å². The van der Waals surface area contributed by atoms with Crippen LogP contribution in [0.4, 0.5) is 4.79 Å². The quantitative estimate of drug-likeness (QED) is 0.0700. The number of carbonyl (C=O) groups is 2. The summed E-state index contributed by atoms with van der Waals surface area (Å²) in [5.41, 5.74) is 13.5. The largest absolute Gasteiger partial charge is 0.442 e. The first-order valence-corrected chi connectivity index (χ1v) is 29.2. The zero-order chi connectivity index (χ0) is 66.9. The van der Waals surface area contributed by atoms with Gasteiger partial charge in [-0.25, -0.2) is 19.4 Å². The normalized spacial score (nSPS) is 11.0. The lowest BCUT2D eigenvalue weighted by Gasteiger charge is -2.18. The lowest BCUT2D eigenvalue weighted by atomic mass is 10.2. The predicted octanol–water partition coefficient (Wildman–Crippen LogP) is 12.4. The molecule has 1 atom stereocenters. The van der Waals surface area contributed by atoms with Crippen LogP contribution in [0.1, 0.15) is 107 Å². The Kier molecular flexibility index (Phi) is 37.1. The van der Waals surface area contributed by atoms with Gasteiger partial charge in [0, 0.05) is 131 Å². The third-order valence-electron chi connectivity index (χ3n) is 10.8. The Labute approximate surface area is 529 Å². The number of nitrogens with one attached hydrogen (secondary N) is 4. The van der Waals surface area contributed by atoms with Gasteiger partial charge in [0.1, 0.15) is 5.60 Å². The molecule has 0 amide bonds. The smallest absolute Gasteiger partial charge is 0.435 e. The highest BCUT2D eigenvalue weighted by Gasteiger charge is 2.18. The Morgan fingerprint density at radius 3 is 1.49 bits per heavy atom. The van der Waals surface area contributed by atoms with Crippen molar-refractivity contribution >= 4 is 23.3 Å². The maximum absolute atomic E-state index is 11.4. The molecular formula is C64H96N20O4S+2. The van der Waals surface area contributed by atoms with Crippen molar-refractivity contribution in [2.45, 2.75) is 129 Å². The van der Waals surface area contributed by atoms with E-state index in [1.807, 2.05) is 200 Å². The van der Waals surface area contributed by atoms with Gasteiger partial charge in [0.15, 0.2) is 13.1 Å². The number of aromatic amines is 4. The van der Waals surface area contributed by atoms with Crippen molar-refractivity contribution in [1.82, 2.24) is 84.0 Å². The Morgan fingerprint density at radius 2 is 1.29 bits per heavy atom. The first-order valence-electron chi connectivity index (χ1n) is 28.3. The lowest BCUT2D eigenvalue weighted by Crippen LogP contribution is -2.27. The minimum atomic E-state index is -0.475. The second-order valence-electron chi connectivity index (χ2n) is 21.3. The van der Waals surface area contributed by atoms with Crippen LogP contribution in [0, 0.1) is 83.1 Å². The number of azo groups is 2. The maximum Gasteiger partial charge on any atom is 0.435 e. The van der Waals surface area contributed by atoms with Gasteiger partial charge in [-0.3, -0.25) is 29.6 Å². The van der Waals surface area contributed by atoms with E-state index in [4.69, 9.17) is 9.94 Å². The molecule has 0 radical (unpaired) electrons. The predicted molar refractivity (Wildman–Crippen MR) is 351 cm³/mol.